The van der Waals surface area contributed by atoms with Gasteiger partial charge in [0.05, 0.1) is 12.7 Å². The molecule has 0 bridgehead atoms. The molecule has 4 heteroatoms. The molecule has 0 atom stereocenters. The van der Waals surface area contributed by atoms with Crippen LogP contribution in [-0.2, 0) is 13.0 Å². The second-order valence-corrected chi connectivity index (χ2v) is 4.06. The van der Waals surface area contributed by atoms with Crippen LogP contribution in [0, 0.1) is 6.92 Å². The first kappa shape index (κ1) is 11.5. The van der Waals surface area contributed by atoms with Crippen LogP contribution in [0.3, 0.4) is 0 Å². The van der Waals surface area contributed by atoms with E-state index in [1.54, 1.807) is 6.20 Å². The molecule has 0 amide bonds. The van der Waals surface area contributed by atoms with E-state index in [-0.39, 0.29) is 0 Å². The third-order valence-corrected chi connectivity index (χ3v) is 2.49. The SMILES string of the molecule is CCc1cnc(CNc2cc(C)cc(N)c2)o1. The number of hydrogen-bond donors (Lipinski definition) is 2. The van der Waals surface area contributed by atoms with Gasteiger partial charge in [0.15, 0.2) is 0 Å². The summed E-state index contributed by atoms with van der Waals surface area (Å²) in [6, 6.07) is 5.88. The van der Waals surface area contributed by atoms with Crippen molar-refractivity contribution in [1.82, 2.24) is 4.98 Å². The number of hydrogen-bond acceptors (Lipinski definition) is 4. The Morgan fingerprint density at radius 3 is 2.82 bits per heavy atom. The Morgan fingerprint density at radius 2 is 2.18 bits per heavy atom. The van der Waals surface area contributed by atoms with Crippen LogP contribution in [0.25, 0.3) is 0 Å². The summed E-state index contributed by atoms with van der Waals surface area (Å²) in [5, 5.41) is 3.24. The fourth-order valence-corrected chi connectivity index (χ4v) is 1.69. The number of aromatic nitrogens is 1. The van der Waals surface area contributed by atoms with E-state index in [1.165, 1.54) is 0 Å². The molecule has 0 fully saturated rings. The van der Waals surface area contributed by atoms with Crippen LogP contribution < -0.4 is 11.1 Å². The molecular weight excluding hydrogens is 214 g/mol. The highest BCUT2D eigenvalue weighted by Crippen LogP contribution is 2.16. The Hall–Kier alpha value is -1.97. The van der Waals surface area contributed by atoms with Gasteiger partial charge < -0.3 is 15.5 Å². The molecule has 0 saturated heterocycles. The number of nitrogen functional groups attached to an aromatic ring is 1. The molecule has 1 aromatic heterocycles. The molecular formula is C13H17N3O. The first-order chi connectivity index (χ1) is 8.17. The van der Waals surface area contributed by atoms with Crippen LogP contribution in [0.15, 0.2) is 28.8 Å². The molecule has 0 aliphatic carbocycles. The number of aryl methyl sites for hydroxylation is 2. The van der Waals surface area contributed by atoms with E-state index in [2.05, 4.69) is 10.3 Å². The summed E-state index contributed by atoms with van der Waals surface area (Å²) in [6.07, 6.45) is 2.63. The zero-order valence-electron chi connectivity index (χ0n) is 10.2. The highest BCUT2D eigenvalue weighted by molar-refractivity contribution is 5.56. The summed E-state index contributed by atoms with van der Waals surface area (Å²) in [6.45, 7) is 4.63. The lowest BCUT2D eigenvalue weighted by atomic mass is 10.2. The quantitative estimate of drug-likeness (QED) is 0.794. The van der Waals surface area contributed by atoms with Crippen LogP contribution >= 0.6 is 0 Å². The van der Waals surface area contributed by atoms with Crippen molar-refractivity contribution in [2.24, 2.45) is 0 Å². The van der Waals surface area contributed by atoms with Gasteiger partial charge in [0.2, 0.25) is 5.89 Å². The molecule has 17 heavy (non-hydrogen) atoms. The maximum atomic E-state index is 5.77. The lowest BCUT2D eigenvalue weighted by molar-refractivity contribution is 0.466. The van der Waals surface area contributed by atoms with Crippen LogP contribution in [0.2, 0.25) is 0 Å². The van der Waals surface area contributed by atoms with Gasteiger partial charge in [0.25, 0.3) is 0 Å². The zero-order valence-corrected chi connectivity index (χ0v) is 10.2. The predicted molar refractivity (Wildman–Crippen MR) is 68.8 cm³/mol. The molecule has 2 aromatic rings. The molecule has 4 nitrogen and oxygen atoms in total. The van der Waals surface area contributed by atoms with Gasteiger partial charge in [-0.2, -0.15) is 0 Å². The molecule has 0 unspecified atom stereocenters. The van der Waals surface area contributed by atoms with Crippen molar-refractivity contribution < 1.29 is 4.42 Å². The van der Waals surface area contributed by atoms with Gasteiger partial charge in [0.1, 0.15) is 5.76 Å². The highest BCUT2D eigenvalue weighted by Gasteiger charge is 2.02. The third kappa shape index (κ3) is 3.00. The van der Waals surface area contributed by atoms with Crippen LogP contribution in [0.1, 0.15) is 24.1 Å². The summed E-state index contributed by atoms with van der Waals surface area (Å²) >= 11 is 0. The summed E-state index contributed by atoms with van der Waals surface area (Å²) in [7, 11) is 0. The van der Waals surface area contributed by atoms with Gasteiger partial charge in [-0.15, -0.1) is 0 Å². The van der Waals surface area contributed by atoms with Gasteiger partial charge >= 0.3 is 0 Å². The first-order valence-corrected chi connectivity index (χ1v) is 5.72. The molecule has 0 saturated carbocycles. The van der Waals surface area contributed by atoms with Crippen molar-refractivity contribution in [3.05, 3.63) is 41.6 Å². The van der Waals surface area contributed by atoms with E-state index in [9.17, 15) is 0 Å². The molecule has 1 aromatic carbocycles. The first-order valence-electron chi connectivity index (χ1n) is 5.72. The van der Waals surface area contributed by atoms with Gasteiger partial charge in [-0.05, 0) is 30.7 Å². The maximum Gasteiger partial charge on any atom is 0.213 e. The summed E-state index contributed by atoms with van der Waals surface area (Å²) in [5.41, 5.74) is 8.65. The Kier molecular flexibility index (Phi) is 3.32. The van der Waals surface area contributed by atoms with Crippen LogP contribution in [0.5, 0.6) is 0 Å². The van der Waals surface area contributed by atoms with Crippen molar-refractivity contribution in [2.75, 3.05) is 11.1 Å². The number of nitrogens with zero attached hydrogens (tertiary/aromatic N) is 1. The van der Waals surface area contributed by atoms with Gasteiger partial charge in [-0.1, -0.05) is 6.92 Å². The number of rotatable bonds is 4. The third-order valence-electron chi connectivity index (χ3n) is 2.49. The van der Waals surface area contributed by atoms with Crippen molar-refractivity contribution in [3.63, 3.8) is 0 Å². The van der Waals surface area contributed by atoms with Crippen LogP contribution in [-0.4, -0.2) is 4.98 Å². The van der Waals surface area contributed by atoms with E-state index in [0.717, 1.165) is 29.1 Å². The van der Waals surface area contributed by atoms with E-state index in [0.29, 0.717) is 12.4 Å². The van der Waals surface area contributed by atoms with Crippen molar-refractivity contribution in [1.29, 1.82) is 0 Å². The van der Waals surface area contributed by atoms with Crippen molar-refractivity contribution >= 4 is 11.4 Å². The Labute approximate surface area is 101 Å². The largest absolute Gasteiger partial charge is 0.444 e. The number of benzene rings is 1. The predicted octanol–water partition coefficient (Wildman–Crippen LogP) is 2.74. The molecule has 2 rings (SSSR count). The van der Waals surface area contributed by atoms with Crippen LogP contribution in [0.4, 0.5) is 11.4 Å². The number of oxazole rings is 1. The number of anilines is 2. The van der Waals surface area contributed by atoms with E-state index in [1.807, 2.05) is 32.0 Å². The van der Waals surface area contributed by atoms with Crippen molar-refractivity contribution in [3.8, 4) is 0 Å². The summed E-state index contributed by atoms with van der Waals surface area (Å²) in [5.74, 6) is 1.60. The molecule has 0 spiro atoms. The minimum atomic E-state index is 0.572. The Balaban J connectivity index is 2.01. The van der Waals surface area contributed by atoms with E-state index < -0.39 is 0 Å². The van der Waals surface area contributed by atoms with E-state index >= 15 is 0 Å². The average molecular weight is 231 g/mol. The van der Waals surface area contributed by atoms with Crippen molar-refractivity contribution in [2.45, 2.75) is 26.8 Å². The van der Waals surface area contributed by atoms with E-state index in [4.69, 9.17) is 10.2 Å². The summed E-state index contributed by atoms with van der Waals surface area (Å²) < 4.78 is 5.51. The molecule has 0 aliphatic rings. The smallest absolute Gasteiger partial charge is 0.213 e. The van der Waals surface area contributed by atoms with Gasteiger partial charge in [-0.3, -0.25) is 0 Å². The second-order valence-electron chi connectivity index (χ2n) is 4.06. The lowest BCUT2D eigenvalue weighted by Gasteiger charge is -2.06. The second kappa shape index (κ2) is 4.91. The highest BCUT2D eigenvalue weighted by atomic mass is 16.4. The molecule has 90 valence electrons. The molecule has 1 heterocycles. The Morgan fingerprint density at radius 1 is 1.35 bits per heavy atom. The fraction of sp³-hybridized carbons (Fsp3) is 0.308. The number of nitrogens with one attached hydrogen (secondary N) is 1. The zero-order chi connectivity index (χ0) is 12.3. The summed E-state index contributed by atoms with van der Waals surface area (Å²) in [4.78, 5) is 4.19. The van der Waals surface area contributed by atoms with Gasteiger partial charge in [0, 0.05) is 17.8 Å². The minimum Gasteiger partial charge on any atom is -0.444 e. The fourth-order valence-electron chi connectivity index (χ4n) is 1.69. The number of nitrogens with two attached hydrogens (primary N) is 1. The maximum absolute atomic E-state index is 5.77. The standard InChI is InChI=1S/C13H17N3O/c1-3-12-7-16-13(17-12)8-15-11-5-9(2)4-10(14)6-11/h4-7,15H,3,8,14H2,1-2H3. The molecule has 0 aliphatic heterocycles. The Bertz CT molecular complexity index is 485. The molecule has 0 radical (unpaired) electrons. The monoisotopic (exact) mass is 231 g/mol. The average Bonchev–Trinajstić information content (AvgIpc) is 2.73. The minimum absolute atomic E-state index is 0.572. The normalized spacial score (nSPS) is 10.5. The van der Waals surface area contributed by atoms with Gasteiger partial charge in [-0.25, -0.2) is 4.98 Å². The lowest BCUT2D eigenvalue weighted by Crippen LogP contribution is -2.00. The molecule has 3 N–H and O–H groups in total. The topological polar surface area (TPSA) is 64.1 Å².